The molecule has 1 aromatic carbocycles. The fraction of sp³-hybridized carbons (Fsp3) is 0.364. The van der Waals surface area contributed by atoms with Gasteiger partial charge in [0.1, 0.15) is 10.7 Å². The van der Waals surface area contributed by atoms with Gasteiger partial charge in [0.2, 0.25) is 10.0 Å². The lowest BCUT2D eigenvalue weighted by Gasteiger charge is -2.13. The van der Waals surface area contributed by atoms with Crippen molar-refractivity contribution in [1.82, 2.24) is 4.72 Å². The zero-order valence-electron chi connectivity index (χ0n) is 10.8. The minimum absolute atomic E-state index is 0.192. The number of benzene rings is 1. The molecule has 0 fully saturated rings. The molecule has 0 amide bonds. The van der Waals surface area contributed by atoms with E-state index in [0.717, 1.165) is 18.2 Å². The molecule has 1 unspecified atom stereocenters. The second-order valence-electron chi connectivity index (χ2n) is 4.03. The molecule has 0 saturated carbocycles. The number of rotatable bonds is 6. The molecule has 7 nitrogen and oxygen atoms in total. The Balaban J connectivity index is 3.10. The van der Waals surface area contributed by atoms with E-state index in [1.807, 2.05) is 0 Å². The summed E-state index contributed by atoms with van der Waals surface area (Å²) in [6.07, 6.45) is 0.192. The van der Waals surface area contributed by atoms with E-state index in [1.54, 1.807) is 6.92 Å². The van der Waals surface area contributed by atoms with Gasteiger partial charge in [-0.3, -0.25) is 14.9 Å². The Morgan fingerprint density at radius 3 is 2.55 bits per heavy atom. The van der Waals surface area contributed by atoms with Crippen LogP contribution < -0.4 is 4.72 Å². The summed E-state index contributed by atoms with van der Waals surface area (Å²) >= 11 is 5.75. The molecule has 0 aliphatic carbocycles. The largest absolute Gasteiger partial charge is 0.298 e. The summed E-state index contributed by atoms with van der Waals surface area (Å²) in [5.41, 5.74) is -0.313. The number of nitrogens with zero attached hydrogens (tertiary/aromatic N) is 1. The second-order valence-corrected chi connectivity index (χ2v) is 6.12. The predicted molar refractivity (Wildman–Crippen MR) is 73.2 cm³/mol. The third kappa shape index (κ3) is 3.75. The quantitative estimate of drug-likeness (QED) is 0.636. The maximum absolute atomic E-state index is 12.0. The van der Waals surface area contributed by atoms with Crippen molar-refractivity contribution in [2.24, 2.45) is 0 Å². The average Bonchev–Trinajstić information content (AvgIpc) is 2.36. The van der Waals surface area contributed by atoms with Crippen molar-refractivity contribution in [2.75, 3.05) is 0 Å². The number of non-ortho nitro benzene ring substituents is 1. The Hall–Kier alpha value is -1.51. The van der Waals surface area contributed by atoms with Crippen LogP contribution in [0.3, 0.4) is 0 Å². The van der Waals surface area contributed by atoms with Crippen LogP contribution in [0, 0.1) is 10.1 Å². The zero-order valence-corrected chi connectivity index (χ0v) is 12.4. The van der Waals surface area contributed by atoms with Gasteiger partial charge in [0.05, 0.1) is 16.0 Å². The number of carbonyl (C=O) groups is 1. The average molecular weight is 321 g/mol. The topological polar surface area (TPSA) is 106 Å². The minimum Gasteiger partial charge on any atom is -0.298 e. The first-order valence-electron chi connectivity index (χ1n) is 5.68. The van der Waals surface area contributed by atoms with E-state index >= 15 is 0 Å². The predicted octanol–water partition coefficient (Wildman–Crippen LogP) is 1.89. The molecule has 0 radical (unpaired) electrons. The van der Waals surface area contributed by atoms with E-state index in [0.29, 0.717) is 0 Å². The molecule has 0 heterocycles. The van der Waals surface area contributed by atoms with E-state index in [-0.39, 0.29) is 27.8 Å². The van der Waals surface area contributed by atoms with Gasteiger partial charge in [-0.1, -0.05) is 18.5 Å². The van der Waals surface area contributed by atoms with Gasteiger partial charge >= 0.3 is 0 Å². The molecule has 110 valence electrons. The number of Topliss-reactive ketones (excluding diaryl/α,β-unsaturated/α-hetero) is 1. The summed E-state index contributed by atoms with van der Waals surface area (Å²) in [6.45, 7) is 3.04. The molecule has 1 aromatic rings. The van der Waals surface area contributed by atoms with E-state index in [1.165, 1.54) is 6.92 Å². The molecule has 0 aromatic heterocycles. The number of nitro groups is 1. The fourth-order valence-corrected chi connectivity index (χ4v) is 3.26. The van der Waals surface area contributed by atoms with E-state index in [4.69, 9.17) is 11.6 Å². The van der Waals surface area contributed by atoms with Gasteiger partial charge in [-0.2, -0.15) is 0 Å². The summed E-state index contributed by atoms with van der Waals surface area (Å²) in [7, 11) is -4.01. The number of ketones is 1. The maximum Gasteiger partial charge on any atom is 0.271 e. The maximum atomic E-state index is 12.0. The van der Waals surface area contributed by atoms with Crippen LogP contribution in [0.15, 0.2) is 23.1 Å². The lowest BCUT2D eigenvalue weighted by atomic mass is 10.2. The Kier molecular flexibility index (Phi) is 5.21. The number of sulfonamides is 1. The number of hydrogen-bond acceptors (Lipinski definition) is 5. The molecule has 0 bridgehead atoms. The normalized spacial score (nSPS) is 12.9. The lowest BCUT2D eigenvalue weighted by molar-refractivity contribution is -0.384. The van der Waals surface area contributed by atoms with Crippen LogP contribution in [0.1, 0.15) is 20.3 Å². The molecule has 0 saturated heterocycles. The smallest absolute Gasteiger partial charge is 0.271 e. The molecule has 9 heteroatoms. The number of nitro benzene ring substituents is 1. The summed E-state index contributed by atoms with van der Waals surface area (Å²) in [5.74, 6) is -0.272. The summed E-state index contributed by atoms with van der Waals surface area (Å²) in [4.78, 5) is 21.0. The van der Waals surface area contributed by atoms with Gasteiger partial charge in [0, 0.05) is 18.6 Å². The van der Waals surface area contributed by atoms with Crippen molar-refractivity contribution in [1.29, 1.82) is 0 Å². The van der Waals surface area contributed by atoms with Crippen LogP contribution in [-0.4, -0.2) is 25.2 Å². The van der Waals surface area contributed by atoms with Crippen LogP contribution in [0.4, 0.5) is 5.69 Å². The Bertz CT molecular complexity index is 644. The molecule has 0 aliphatic rings. The van der Waals surface area contributed by atoms with Crippen LogP contribution in [0.25, 0.3) is 0 Å². The molecule has 1 N–H and O–H groups in total. The number of halogens is 1. The Labute approximate surface area is 121 Å². The number of nitrogens with one attached hydrogen (secondary N) is 1. The Morgan fingerprint density at radius 2 is 2.10 bits per heavy atom. The molecular weight excluding hydrogens is 308 g/mol. The zero-order chi connectivity index (χ0) is 15.5. The minimum atomic E-state index is -4.01. The fourth-order valence-electron chi connectivity index (χ4n) is 1.49. The van der Waals surface area contributed by atoms with Crippen molar-refractivity contribution in [2.45, 2.75) is 31.2 Å². The molecule has 20 heavy (non-hydrogen) atoms. The molecular formula is C11H13ClN2O5S. The van der Waals surface area contributed by atoms with Crippen LogP contribution in [-0.2, 0) is 14.8 Å². The first-order valence-corrected chi connectivity index (χ1v) is 7.54. The highest BCUT2D eigenvalue weighted by molar-refractivity contribution is 7.89. The van der Waals surface area contributed by atoms with Crippen molar-refractivity contribution in [3.05, 3.63) is 33.3 Å². The highest BCUT2D eigenvalue weighted by Gasteiger charge is 2.24. The number of carbonyl (C=O) groups excluding carboxylic acids is 1. The monoisotopic (exact) mass is 320 g/mol. The molecule has 1 atom stereocenters. The van der Waals surface area contributed by atoms with Crippen LogP contribution >= 0.6 is 11.6 Å². The van der Waals surface area contributed by atoms with E-state index in [9.17, 15) is 23.3 Å². The van der Waals surface area contributed by atoms with Gasteiger partial charge in [0.15, 0.2) is 0 Å². The van der Waals surface area contributed by atoms with Crippen molar-refractivity contribution < 1.29 is 18.1 Å². The van der Waals surface area contributed by atoms with Crippen molar-refractivity contribution in [3.8, 4) is 0 Å². The summed E-state index contributed by atoms with van der Waals surface area (Å²) in [5, 5.41) is 10.3. The first-order chi connectivity index (χ1) is 9.19. The van der Waals surface area contributed by atoms with Crippen LogP contribution in [0.5, 0.6) is 0 Å². The van der Waals surface area contributed by atoms with E-state index in [2.05, 4.69) is 4.72 Å². The SMILES string of the molecule is CCC(=O)C(C)NS(=O)(=O)c1ccc([N+](=O)[O-])cc1Cl. The lowest BCUT2D eigenvalue weighted by Crippen LogP contribution is -2.38. The van der Waals surface area contributed by atoms with Crippen molar-refractivity contribution in [3.63, 3.8) is 0 Å². The summed E-state index contributed by atoms with van der Waals surface area (Å²) < 4.78 is 26.3. The molecule has 0 spiro atoms. The third-order valence-electron chi connectivity index (χ3n) is 2.58. The third-order valence-corrected chi connectivity index (χ3v) is 4.60. The van der Waals surface area contributed by atoms with Crippen molar-refractivity contribution >= 4 is 33.1 Å². The standard InChI is InChI=1S/C11H13ClN2O5S/c1-3-10(15)7(2)13-20(18,19)11-5-4-8(14(16)17)6-9(11)12/h4-7,13H,3H2,1-2H3. The van der Waals surface area contributed by atoms with Gasteiger partial charge in [0.25, 0.3) is 5.69 Å². The molecule has 1 rings (SSSR count). The summed E-state index contributed by atoms with van der Waals surface area (Å²) in [6, 6.07) is 2.12. The van der Waals surface area contributed by atoms with E-state index < -0.39 is 21.0 Å². The first kappa shape index (κ1) is 16.5. The Morgan fingerprint density at radius 1 is 1.50 bits per heavy atom. The van der Waals surface area contributed by atoms with Gasteiger partial charge in [-0.15, -0.1) is 0 Å². The highest BCUT2D eigenvalue weighted by atomic mass is 35.5. The van der Waals surface area contributed by atoms with Gasteiger partial charge in [-0.05, 0) is 13.0 Å². The van der Waals surface area contributed by atoms with Crippen LogP contribution in [0.2, 0.25) is 5.02 Å². The van der Waals surface area contributed by atoms with Gasteiger partial charge < -0.3 is 0 Å². The number of hydrogen-bond donors (Lipinski definition) is 1. The molecule has 0 aliphatic heterocycles. The van der Waals surface area contributed by atoms with Gasteiger partial charge in [-0.25, -0.2) is 13.1 Å². The highest BCUT2D eigenvalue weighted by Crippen LogP contribution is 2.26. The second kappa shape index (κ2) is 6.29.